The molecular formula is C16H14ClFN2O. The maximum atomic E-state index is 13.2. The van der Waals surface area contributed by atoms with Crippen LogP contribution >= 0.6 is 11.6 Å². The molecule has 0 spiro atoms. The van der Waals surface area contributed by atoms with E-state index in [0.717, 1.165) is 17.7 Å². The number of rotatable bonds is 2. The molecule has 0 radical (unpaired) electrons. The summed E-state index contributed by atoms with van der Waals surface area (Å²) in [5.74, 6) is -0.569. The van der Waals surface area contributed by atoms with Crippen LogP contribution in [0, 0.1) is 5.82 Å². The van der Waals surface area contributed by atoms with Crippen molar-refractivity contribution in [1.29, 1.82) is 0 Å². The Morgan fingerprint density at radius 3 is 2.86 bits per heavy atom. The molecule has 108 valence electrons. The summed E-state index contributed by atoms with van der Waals surface area (Å²) in [6.07, 6.45) is 1.46. The third kappa shape index (κ3) is 3.00. The van der Waals surface area contributed by atoms with E-state index in [2.05, 4.69) is 10.6 Å². The molecule has 2 N–H and O–H groups in total. The van der Waals surface area contributed by atoms with Gasteiger partial charge in [-0.15, -0.1) is 0 Å². The van der Waals surface area contributed by atoms with Gasteiger partial charge in [-0.3, -0.25) is 4.79 Å². The van der Waals surface area contributed by atoms with Crippen molar-refractivity contribution >= 4 is 28.9 Å². The molecule has 0 fully saturated rings. The Morgan fingerprint density at radius 1 is 1.24 bits per heavy atom. The summed E-state index contributed by atoms with van der Waals surface area (Å²) in [6, 6.07) is 11.7. The number of hydrogen-bond donors (Lipinski definition) is 2. The first-order valence-corrected chi connectivity index (χ1v) is 7.11. The van der Waals surface area contributed by atoms with E-state index >= 15 is 0 Å². The fourth-order valence-corrected chi connectivity index (χ4v) is 2.62. The summed E-state index contributed by atoms with van der Waals surface area (Å²) in [6.45, 7) is 0. The summed E-state index contributed by atoms with van der Waals surface area (Å²) in [5, 5.41) is 6.06. The van der Waals surface area contributed by atoms with Crippen LogP contribution in [0.2, 0.25) is 5.02 Å². The van der Waals surface area contributed by atoms with Gasteiger partial charge in [-0.2, -0.15) is 0 Å². The van der Waals surface area contributed by atoms with Gasteiger partial charge in [-0.05, 0) is 42.7 Å². The lowest BCUT2D eigenvalue weighted by Crippen LogP contribution is -2.33. The van der Waals surface area contributed by atoms with Crippen LogP contribution in [0.1, 0.15) is 12.0 Å². The van der Waals surface area contributed by atoms with Crippen molar-refractivity contribution in [1.82, 2.24) is 0 Å². The van der Waals surface area contributed by atoms with Gasteiger partial charge in [0.1, 0.15) is 11.9 Å². The van der Waals surface area contributed by atoms with E-state index in [1.807, 2.05) is 24.3 Å². The predicted octanol–water partition coefficient (Wildman–Crippen LogP) is 3.84. The molecule has 1 unspecified atom stereocenters. The molecule has 21 heavy (non-hydrogen) atoms. The molecule has 0 bridgehead atoms. The van der Waals surface area contributed by atoms with Crippen LogP contribution in [0.5, 0.6) is 0 Å². The minimum absolute atomic E-state index is 0.0392. The Bertz CT molecular complexity index is 690. The first-order chi connectivity index (χ1) is 10.1. The number of halogens is 2. The number of aryl methyl sites for hydroxylation is 1. The van der Waals surface area contributed by atoms with Crippen LogP contribution in [0.4, 0.5) is 15.8 Å². The van der Waals surface area contributed by atoms with Crippen LogP contribution in [0.25, 0.3) is 0 Å². The fraction of sp³-hybridized carbons (Fsp3) is 0.188. The van der Waals surface area contributed by atoms with Gasteiger partial charge in [0.15, 0.2) is 0 Å². The highest BCUT2D eigenvalue weighted by atomic mass is 35.5. The second kappa shape index (κ2) is 5.74. The zero-order chi connectivity index (χ0) is 14.8. The standard InChI is InChI=1S/C16H14ClFN2O/c17-12-9-11(6-7-13(12)18)19-15-8-5-10-3-1-2-4-14(10)20-16(15)21/h1-4,6-7,9,15,19H,5,8H2,(H,20,21). The smallest absolute Gasteiger partial charge is 0.246 e. The number of carbonyl (C=O) groups excluding carboxylic acids is 1. The lowest BCUT2D eigenvalue weighted by atomic mass is 10.1. The Hall–Kier alpha value is -2.07. The minimum Gasteiger partial charge on any atom is -0.374 e. The summed E-state index contributed by atoms with van der Waals surface area (Å²) in [4.78, 5) is 12.3. The topological polar surface area (TPSA) is 41.1 Å². The highest BCUT2D eigenvalue weighted by Gasteiger charge is 2.23. The largest absolute Gasteiger partial charge is 0.374 e. The highest BCUT2D eigenvalue weighted by Crippen LogP contribution is 2.25. The average Bonchev–Trinajstić information content (AvgIpc) is 2.63. The van der Waals surface area contributed by atoms with Gasteiger partial charge in [-0.1, -0.05) is 29.8 Å². The molecule has 2 aromatic carbocycles. The van der Waals surface area contributed by atoms with Crippen molar-refractivity contribution in [3.05, 3.63) is 58.9 Å². The molecule has 1 amide bonds. The van der Waals surface area contributed by atoms with Gasteiger partial charge >= 0.3 is 0 Å². The monoisotopic (exact) mass is 304 g/mol. The van der Waals surface area contributed by atoms with Crippen LogP contribution in [-0.2, 0) is 11.2 Å². The number of hydrogen-bond acceptors (Lipinski definition) is 2. The molecule has 1 heterocycles. The van der Waals surface area contributed by atoms with Crippen LogP contribution < -0.4 is 10.6 Å². The molecule has 0 aliphatic carbocycles. The lowest BCUT2D eigenvalue weighted by Gasteiger charge is -2.16. The van der Waals surface area contributed by atoms with Crippen LogP contribution in [0.15, 0.2) is 42.5 Å². The number of carbonyl (C=O) groups is 1. The average molecular weight is 305 g/mol. The summed E-state index contributed by atoms with van der Waals surface area (Å²) < 4.78 is 13.2. The number of benzene rings is 2. The van der Waals surface area contributed by atoms with Gasteiger partial charge in [0, 0.05) is 11.4 Å². The van der Waals surface area contributed by atoms with E-state index in [-0.39, 0.29) is 17.0 Å². The molecule has 0 saturated carbocycles. The fourth-order valence-electron chi connectivity index (χ4n) is 2.44. The second-order valence-corrected chi connectivity index (χ2v) is 5.42. The zero-order valence-electron chi connectivity index (χ0n) is 11.2. The molecular weight excluding hydrogens is 291 g/mol. The first kappa shape index (κ1) is 13.9. The quantitative estimate of drug-likeness (QED) is 0.885. The summed E-state index contributed by atoms with van der Waals surface area (Å²) >= 11 is 5.76. The van der Waals surface area contributed by atoms with Gasteiger partial charge in [0.25, 0.3) is 0 Å². The number of fused-ring (bicyclic) bond motifs is 1. The van der Waals surface area contributed by atoms with Crippen molar-refractivity contribution in [3.63, 3.8) is 0 Å². The SMILES string of the molecule is O=C1Nc2ccccc2CCC1Nc1ccc(F)c(Cl)c1. The first-order valence-electron chi connectivity index (χ1n) is 6.74. The molecule has 3 nitrogen and oxygen atoms in total. The van der Waals surface area contributed by atoms with Crippen molar-refractivity contribution < 1.29 is 9.18 Å². The maximum absolute atomic E-state index is 13.2. The highest BCUT2D eigenvalue weighted by molar-refractivity contribution is 6.31. The zero-order valence-corrected chi connectivity index (χ0v) is 12.0. The summed E-state index contributed by atoms with van der Waals surface area (Å²) in [5.41, 5.74) is 2.60. The second-order valence-electron chi connectivity index (χ2n) is 5.01. The van der Waals surface area contributed by atoms with Crippen LogP contribution in [0.3, 0.4) is 0 Å². The Morgan fingerprint density at radius 2 is 2.05 bits per heavy atom. The van der Waals surface area contributed by atoms with Crippen molar-refractivity contribution in [3.8, 4) is 0 Å². The van der Waals surface area contributed by atoms with E-state index < -0.39 is 5.82 Å². The maximum Gasteiger partial charge on any atom is 0.246 e. The lowest BCUT2D eigenvalue weighted by molar-refractivity contribution is -0.116. The van der Waals surface area contributed by atoms with E-state index in [1.165, 1.54) is 12.1 Å². The number of para-hydroxylation sites is 1. The third-order valence-electron chi connectivity index (χ3n) is 3.55. The number of anilines is 2. The molecule has 3 rings (SSSR count). The van der Waals surface area contributed by atoms with Crippen molar-refractivity contribution in [2.75, 3.05) is 10.6 Å². The van der Waals surface area contributed by atoms with E-state index in [1.54, 1.807) is 6.07 Å². The molecule has 5 heteroatoms. The molecule has 0 aromatic heterocycles. The van der Waals surface area contributed by atoms with Crippen molar-refractivity contribution in [2.45, 2.75) is 18.9 Å². The van der Waals surface area contributed by atoms with E-state index in [0.29, 0.717) is 12.1 Å². The Kier molecular flexibility index (Phi) is 3.80. The minimum atomic E-state index is -0.472. The molecule has 0 saturated heterocycles. The van der Waals surface area contributed by atoms with Crippen molar-refractivity contribution in [2.24, 2.45) is 0 Å². The Balaban J connectivity index is 1.78. The predicted molar refractivity (Wildman–Crippen MR) is 82.2 cm³/mol. The number of amides is 1. The van der Waals surface area contributed by atoms with Gasteiger partial charge in [-0.25, -0.2) is 4.39 Å². The number of nitrogens with one attached hydrogen (secondary N) is 2. The Labute approximate surface area is 127 Å². The molecule has 1 aliphatic heterocycles. The van der Waals surface area contributed by atoms with Gasteiger partial charge in [0.2, 0.25) is 5.91 Å². The third-order valence-corrected chi connectivity index (χ3v) is 3.84. The van der Waals surface area contributed by atoms with Gasteiger partial charge in [0.05, 0.1) is 5.02 Å². The molecule has 2 aromatic rings. The summed E-state index contributed by atoms with van der Waals surface area (Å²) in [7, 11) is 0. The van der Waals surface area contributed by atoms with Crippen LogP contribution in [-0.4, -0.2) is 11.9 Å². The van der Waals surface area contributed by atoms with Gasteiger partial charge < -0.3 is 10.6 Å². The molecule has 1 aliphatic rings. The normalized spacial score (nSPS) is 17.6. The van der Waals surface area contributed by atoms with E-state index in [4.69, 9.17) is 11.6 Å². The molecule has 1 atom stereocenters. The van der Waals surface area contributed by atoms with E-state index in [9.17, 15) is 9.18 Å².